The number of ether oxygens (including phenoxy) is 6. The molecule has 184 valence electrons. The van der Waals surface area contributed by atoms with Gasteiger partial charge in [-0.25, -0.2) is 0 Å². The molecule has 0 bridgehead atoms. The van der Waals surface area contributed by atoms with Gasteiger partial charge in [0.25, 0.3) is 0 Å². The Morgan fingerprint density at radius 3 is 2.34 bits per heavy atom. The molecule has 4 rings (SSSR count). The summed E-state index contributed by atoms with van der Waals surface area (Å²) in [5.41, 5.74) is 4.70. The Hall–Kier alpha value is -3.68. The van der Waals surface area contributed by atoms with E-state index < -0.39 is 0 Å². The van der Waals surface area contributed by atoms with Crippen molar-refractivity contribution < 1.29 is 28.4 Å². The fourth-order valence-electron chi connectivity index (χ4n) is 3.95. The number of hydrogen-bond donors (Lipinski definition) is 1. The fraction of sp³-hybridized carbons (Fsp3) is 0.286. The van der Waals surface area contributed by atoms with Crippen molar-refractivity contribution in [3.05, 3.63) is 82.9 Å². The number of hydrogen-bond acceptors (Lipinski definition) is 7. The van der Waals surface area contributed by atoms with Gasteiger partial charge >= 0.3 is 0 Å². The van der Waals surface area contributed by atoms with E-state index in [9.17, 15) is 0 Å². The molecule has 0 spiro atoms. The Morgan fingerprint density at radius 1 is 0.857 bits per heavy atom. The topological polar surface area (TPSA) is 67.4 Å². The lowest BCUT2D eigenvalue weighted by Gasteiger charge is -2.20. The Labute approximate surface area is 206 Å². The summed E-state index contributed by atoms with van der Waals surface area (Å²) in [6.07, 6.45) is 1.71. The molecule has 0 amide bonds. The summed E-state index contributed by atoms with van der Waals surface area (Å²) in [5.74, 6) is 2.61. The minimum Gasteiger partial charge on any atom is -0.493 e. The molecule has 7 heteroatoms. The lowest BCUT2D eigenvalue weighted by molar-refractivity contribution is -0.00681. The summed E-state index contributed by atoms with van der Waals surface area (Å²) in [7, 11) is 6.54. The van der Waals surface area contributed by atoms with Crippen LogP contribution in [0.1, 0.15) is 22.3 Å². The van der Waals surface area contributed by atoms with Gasteiger partial charge in [-0.2, -0.15) is 0 Å². The third-order valence-electron chi connectivity index (χ3n) is 5.81. The van der Waals surface area contributed by atoms with Crippen LogP contribution in [0.5, 0.6) is 23.0 Å². The normalized spacial score (nSPS) is 16.9. The van der Waals surface area contributed by atoms with Crippen LogP contribution in [0.4, 0.5) is 0 Å². The van der Waals surface area contributed by atoms with Gasteiger partial charge in [0, 0.05) is 23.9 Å². The van der Waals surface area contributed by atoms with E-state index in [1.165, 1.54) is 0 Å². The Bertz CT molecular complexity index is 1160. The van der Waals surface area contributed by atoms with Crippen LogP contribution in [0.3, 0.4) is 0 Å². The standard InChI is InChI=1S/C28H31NO6/c1-30-25-13-10-20-14-23(29-27(32-3)18-34-17-22(20)28(25)33-4)21-11-12-24(26(15-21)31-2)35-16-19-8-6-5-7-9-19/h5-15,27,29H,16-18H2,1-4H3/b23-14-. The van der Waals surface area contributed by atoms with Crippen molar-refractivity contribution in [2.24, 2.45) is 0 Å². The predicted octanol–water partition coefficient (Wildman–Crippen LogP) is 4.88. The molecular weight excluding hydrogens is 446 g/mol. The van der Waals surface area contributed by atoms with Crippen molar-refractivity contribution in [2.75, 3.05) is 35.0 Å². The van der Waals surface area contributed by atoms with E-state index in [1.807, 2.05) is 60.7 Å². The van der Waals surface area contributed by atoms with E-state index in [0.717, 1.165) is 28.0 Å². The summed E-state index contributed by atoms with van der Waals surface area (Å²) in [4.78, 5) is 0. The van der Waals surface area contributed by atoms with Gasteiger partial charge in [-0.05, 0) is 41.5 Å². The second-order valence-electron chi connectivity index (χ2n) is 7.95. The van der Waals surface area contributed by atoms with Gasteiger partial charge in [0.2, 0.25) is 0 Å². The zero-order valence-electron chi connectivity index (χ0n) is 20.5. The van der Waals surface area contributed by atoms with Gasteiger partial charge in [0.1, 0.15) is 6.61 Å². The van der Waals surface area contributed by atoms with Gasteiger partial charge in [-0.15, -0.1) is 0 Å². The fourth-order valence-corrected chi connectivity index (χ4v) is 3.95. The lowest BCUT2D eigenvalue weighted by Crippen LogP contribution is -2.33. The van der Waals surface area contributed by atoms with E-state index in [-0.39, 0.29) is 6.23 Å². The third-order valence-corrected chi connectivity index (χ3v) is 5.81. The molecule has 1 atom stereocenters. The number of methoxy groups -OCH3 is 4. The van der Waals surface area contributed by atoms with Crippen LogP contribution in [0.25, 0.3) is 11.8 Å². The van der Waals surface area contributed by atoms with Crippen molar-refractivity contribution in [1.82, 2.24) is 5.32 Å². The number of rotatable bonds is 8. The quantitative estimate of drug-likeness (QED) is 0.496. The van der Waals surface area contributed by atoms with Crippen LogP contribution in [0, 0.1) is 0 Å². The van der Waals surface area contributed by atoms with Gasteiger partial charge in [0.05, 0.1) is 34.5 Å². The van der Waals surface area contributed by atoms with E-state index >= 15 is 0 Å². The molecule has 1 heterocycles. The van der Waals surface area contributed by atoms with Gasteiger partial charge in [-0.3, -0.25) is 0 Å². The second kappa shape index (κ2) is 11.6. The minimum atomic E-state index is -0.344. The second-order valence-corrected chi connectivity index (χ2v) is 7.95. The van der Waals surface area contributed by atoms with Crippen LogP contribution >= 0.6 is 0 Å². The van der Waals surface area contributed by atoms with Crippen molar-refractivity contribution >= 4 is 11.8 Å². The molecule has 35 heavy (non-hydrogen) atoms. The predicted molar refractivity (Wildman–Crippen MR) is 135 cm³/mol. The average Bonchev–Trinajstić information content (AvgIpc) is 3.00. The molecule has 1 aliphatic rings. The average molecular weight is 478 g/mol. The van der Waals surface area contributed by atoms with E-state index in [0.29, 0.717) is 42.8 Å². The molecule has 3 aromatic carbocycles. The van der Waals surface area contributed by atoms with Crippen LogP contribution in [0.2, 0.25) is 0 Å². The number of fused-ring (bicyclic) bond motifs is 1. The SMILES string of the molecule is COc1cc(/C2=C/c3ccc(OC)c(OC)c3COCC(OC)N2)ccc1OCc1ccccc1. The molecule has 0 saturated carbocycles. The summed E-state index contributed by atoms with van der Waals surface area (Å²) < 4.78 is 34.4. The smallest absolute Gasteiger partial charge is 0.166 e. The number of nitrogens with one attached hydrogen (secondary N) is 1. The van der Waals surface area contributed by atoms with Crippen LogP contribution in [0.15, 0.2) is 60.7 Å². The molecule has 1 N–H and O–H groups in total. The summed E-state index contributed by atoms with van der Waals surface area (Å²) in [6.45, 7) is 1.16. The van der Waals surface area contributed by atoms with Crippen molar-refractivity contribution in [3.63, 3.8) is 0 Å². The monoisotopic (exact) mass is 477 g/mol. The van der Waals surface area contributed by atoms with Gasteiger partial charge in [0.15, 0.2) is 29.2 Å². The molecule has 1 aliphatic heterocycles. The maximum Gasteiger partial charge on any atom is 0.166 e. The molecule has 0 aromatic heterocycles. The van der Waals surface area contributed by atoms with E-state index in [2.05, 4.69) is 11.4 Å². The summed E-state index contributed by atoms with van der Waals surface area (Å²) in [5, 5.41) is 3.44. The highest BCUT2D eigenvalue weighted by Crippen LogP contribution is 2.37. The van der Waals surface area contributed by atoms with Crippen LogP contribution < -0.4 is 24.3 Å². The highest BCUT2D eigenvalue weighted by molar-refractivity contribution is 5.83. The first-order chi connectivity index (χ1) is 17.2. The lowest BCUT2D eigenvalue weighted by atomic mass is 10.0. The number of benzene rings is 3. The molecule has 7 nitrogen and oxygen atoms in total. The van der Waals surface area contributed by atoms with E-state index in [4.69, 9.17) is 28.4 Å². The first-order valence-electron chi connectivity index (χ1n) is 11.3. The Morgan fingerprint density at radius 2 is 1.63 bits per heavy atom. The summed E-state index contributed by atoms with van der Waals surface area (Å²) >= 11 is 0. The zero-order valence-corrected chi connectivity index (χ0v) is 20.5. The van der Waals surface area contributed by atoms with Gasteiger partial charge < -0.3 is 33.7 Å². The maximum atomic E-state index is 6.04. The largest absolute Gasteiger partial charge is 0.493 e. The van der Waals surface area contributed by atoms with Crippen molar-refractivity contribution in [3.8, 4) is 23.0 Å². The first-order valence-corrected chi connectivity index (χ1v) is 11.3. The van der Waals surface area contributed by atoms with Crippen LogP contribution in [-0.2, 0) is 22.7 Å². The first kappa shape index (κ1) is 24.4. The third kappa shape index (κ3) is 5.70. The maximum absolute atomic E-state index is 6.04. The molecule has 1 unspecified atom stereocenters. The van der Waals surface area contributed by atoms with E-state index in [1.54, 1.807) is 28.4 Å². The Kier molecular flexibility index (Phi) is 8.13. The molecule has 0 radical (unpaired) electrons. The van der Waals surface area contributed by atoms with Crippen LogP contribution in [-0.4, -0.2) is 41.3 Å². The highest BCUT2D eigenvalue weighted by Gasteiger charge is 2.20. The highest BCUT2D eigenvalue weighted by atomic mass is 16.5. The Balaban J connectivity index is 1.71. The molecule has 0 saturated heterocycles. The summed E-state index contributed by atoms with van der Waals surface area (Å²) in [6, 6.07) is 19.8. The minimum absolute atomic E-state index is 0.344. The molecule has 0 fully saturated rings. The van der Waals surface area contributed by atoms with Crippen molar-refractivity contribution in [2.45, 2.75) is 19.4 Å². The van der Waals surface area contributed by atoms with Crippen molar-refractivity contribution in [1.29, 1.82) is 0 Å². The zero-order chi connectivity index (χ0) is 24.6. The molecule has 3 aromatic rings. The molecule has 0 aliphatic carbocycles. The molecular formula is C28H31NO6. The van der Waals surface area contributed by atoms with Gasteiger partial charge in [-0.1, -0.05) is 36.4 Å².